The topological polar surface area (TPSA) is 78.9 Å². The molecule has 0 rings (SSSR count). The van der Waals surface area contributed by atoms with Gasteiger partial charge in [0.1, 0.15) is 13.2 Å². The molecule has 0 amide bonds. The second kappa shape index (κ2) is 59.6. The molecule has 408 valence electrons. The third-order valence-corrected chi connectivity index (χ3v) is 11.5. The van der Waals surface area contributed by atoms with Crippen LogP contribution in [0.15, 0.2) is 158 Å². The van der Waals surface area contributed by atoms with Gasteiger partial charge in [0.15, 0.2) is 6.10 Å². The van der Waals surface area contributed by atoms with E-state index in [1.807, 2.05) is 12.2 Å². The van der Waals surface area contributed by atoms with Gasteiger partial charge in [-0.25, -0.2) is 0 Å². The van der Waals surface area contributed by atoms with Crippen molar-refractivity contribution in [2.45, 2.75) is 232 Å². The molecular weight excluding hydrogens is 901 g/mol. The largest absolute Gasteiger partial charge is 0.462 e. The molecule has 0 aromatic heterocycles. The normalized spacial score (nSPS) is 13.3. The molecule has 1 unspecified atom stereocenters. The Hall–Kier alpha value is -4.97. The molecule has 1 atom stereocenters. The Labute approximate surface area is 448 Å². The Bertz CT molecular complexity index is 1670. The van der Waals surface area contributed by atoms with E-state index < -0.39 is 12.1 Å². The second-order valence-corrected chi connectivity index (χ2v) is 18.4. The molecule has 0 spiro atoms. The minimum absolute atomic E-state index is 0.126. The lowest BCUT2D eigenvalue weighted by molar-refractivity contribution is -0.166. The van der Waals surface area contributed by atoms with E-state index in [0.29, 0.717) is 19.3 Å². The van der Waals surface area contributed by atoms with E-state index in [1.54, 1.807) is 0 Å². The standard InChI is InChI=1S/C67H104O6/c1-4-7-10-13-16-19-22-25-27-29-31-32-33-34-36-37-39-42-45-48-51-54-57-60-66(69)72-63-64(62-71-65(68)59-56-53-50-47-44-41-24-21-18-15-12-9-6-3)73-67(70)61-58-55-52-49-46-43-40-38-35-30-28-26-23-20-17-14-11-8-5-2/h7-8,10-12,15-17,19-21,24-28,31-32,34-36,38,43,46,52,55,64H,4-6,9,13-14,18,22-23,29-30,33,37,39-42,44-45,47-51,53-54,56-63H2,1-3H3/b10-7-,11-8-,15-12-,19-16-,20-17-,24-21-,27-25-,28-26-,32-31-,36-34-,38-35-,46-43-,55-52-. The number of allylic oxidation sites excluding steroid dienone is 26. The Balaban J connectivity index is 4.53. The number of esters is 3. The summed E-state index contributed by atoms with van der Waals surface area (Å²) in [6.07, 6.45) is 86.7. The van der Waals surface area contributed by atoms with Crippen LogP contribution in [0.2, 0.25) is 0 Å². The Morgan fingerprint density at radius 1 is 0.288 bits per heavy atom. The molecule has 0 N–H and O–H groups in total. The van der Waals surface area contributed by atoms with Gasteiger partial charge >= 0.3 is 17.9 Å². The van der Waals surface area contributed by atoms with Gasteiger partial charge in [-0.2, -0.15) is 0 Å². The van der Waals surface area contributed by atoms with Crippen LogP contribution in [0.25, 0.3) is 0 Å². The highest BCUT2D eigenvalue weighted by Crippen LogP contribution is 2.13. The molecule has 0 aliphatic rings. The van der Waals surface area contributed by atoms with Gasteiger partial charge in [-0.3, -0.25) is 14.4 Å². The quantitative estimate of drug-likeness (QED) is 0.0261. The number of rotatable bonds is 50. The first kappa shape index (κ1) is 68.0. The highest BCUT2D eigenvalue weighted by Gasteiger charge is 2.19. The van der Waals surface area contributed by atoms with E-state index in [0.717, 1.165) is 154 Å². The Morgan fingerprint density at radius 2 is 0.562 bits per heavy atom. The average molecular weight is 1010 g/mol. The van der Waals surface area contributed by atoms with Crippen LogP contribution in [0.1, 0.15) is 226 Å². The van der Waals surface area contributed by atoms with Crippen molar-refractivity contribution in [2.75, 3.05) is 13.2 Å². The van der Waals surface area contributed by atoms with Crippen molar-refractivity contribution in [1.82, 2.24) is 0 Å². The molecule has 0 aromatic rings. The minimum atomic E-state index is -0.838. The van der Waals surface area contributed by atoms with E-state index in [1.165, 1.54) is 25.7 Å². The van der Waals surface area contributed by atoms with Crippen molar-refractivity contribution in [2.24, 2.45) is 0 Å². The number of ether oxygens (including phenoxy) is 3. The number of carbonyl (C=O) groups is 3. The highest BCUT2D eigenvalue weighted by atomic mass is 16.6. The number of carbonyl (C=O) groups excluding carboxylic acids is 3. The predicted molar refractivity (Wildman–Crippen MR) is 315 cm³/mol. The molecule has 0 radical (unpaired) electrons. The average Bonchev–Trinajstić information content (AvgIpc) is 3.39. The van der Waals surface area contributed by atoms with Crippen LogP contribution in [0.3, 0.4) is 0 Å². The first-order valence-electron chi connectivity index (χ1n) is 29.0. The first-order chi connectivity index (χ1) is 36.0. The number of hydrogen-bond donors (Lipinski definition) is 0. The molecule has 73 heavy (non-hydrogen) atoms. The van der Waals surface area contributed by atoms with Gasteiger partial charge in [-0.15, -0.1) is 0 Å². The maximum atomic E-state index is 12.8. The Kier molecular flexibility index (Phi) is 55.5. The summed E-state index contributed by atoms with van der Waals surface area (Å²) < 4.78 is 16.8. The van der Waals surface area contributed by atoms with Crippen molar-refractivity contribution in [3.05, 3.63) is 158 Å². The molecule has 0 heterocycles. The summed E-state index contributed by atoms with van der Waals surface area (Å²) in [4.78, 5) is 38.1. The van der Waals surface area contributed by atoms with Gasteiger partial charge in [-0.05, 0) is 128 Å². The Morgan fingerprint density at radius 3 is 0.890 bits per heavy atom. The first-order valence-corrected chi connectivity index (χ1v) is 29.0. The van der Waals surface area contributed by atoms with Gasteiger partial charge < -0.3 is 14.2 Å². The van der Waals surface area contributed by atoms with E-state index in [9.17, 15) is 14.4 Å². The van der Waals surface area contributed by atoms with Crippen molar-refractivity contribution in [3.63, 3.8) is 0 Å². The van der Waals surface area contributed by atoms with Gasteiger partial charge in [-0.1, -0.05) is 237 Å². The highest BCUT2D eigenvalue weighted by molar-refractivity contribution is 5.71. The van der Waals surface area contributed by atoms with Crippen LogP contribution in [-0.2, 0) is 28.6 Å². The molecule has 0 fully saturated rings. The monoisotopic (exact) mass is 1000 g/mol. The third kappa shape index (κ3) is 57.8. The van der Waals surface area contributed by atoms with Crippen LogP contribution in [0.5, 0.6) is 0 Å². The number of unbranched alkanes of at least 4 members (excludes halogenated alkanes) is 13. The predicted octanol–water partition coefficient (Wildman–Crippen LogP) is 19.8. The van der Waals surface area contributed by atoms with Crippen molar-refractivity contribution in [1.29, 1.82) is 0 Å². The van der Waals surface area contributed by atoms with Crippen LogP contribution >= 0.6 is 0 Å². The lowest BCUT2D eigenvalue weighted by Gasteiger charge is -2.18. The van der Waals surface area contributed by atoms with Gasteiger partial charge in [0.25, 0.3) is 0 Å². The minimum Gasteiger partial charge on any atom is -0.462 e. The molecule has 0 saturated carbocycles. The number of hydrogen-bond acceptors (Lipinski definition) is 6. The molecule has 0 aliphatic carbocycles. The van der Waals surface area contributed by atoms with E-state index >= 15 is 0 Å². The smallest absolute Gasteiger partial charge is 0.306 e. The van der Waals surface area contributed by atoms with Crippen molar-refractivity contribution < 1.29 is 28.6 Å². The zero-order chi connectivity index (χ0) is 52.9. The van der Waals surface area contributed by atoms with E-state index in [2.05, 4.69) is 167 Å². The van der Waals surface area contributed by atoms with Crippen LogP contribution in [0.4, 0.5) is 0 Å². The molecule has 0 aliphatic heterocycles. The summed E-state index contributed by atoms with van der Waals surface area (Å²) in [7, 11) is 0. The van der Waals surface area contributed by atoms with Crippen LogP contribution in [0, 0.1) is 0 Å². The molecular formula is C67H104O6. The fourth-order valence-corrected chi connectivity index (χ4v) is 7.24. The zero-order valence-corrected chi connectivity index (χ0v) is 46.6. The van der Waals surface area contributed by atoms with Gasteiger partial charge in [0.2, 0.25) is 0 Å². The zero-order valence-electron chi connectivity index (χ0n) is 46.6. The summed E-state index contributed by atoms with van der Waals surface area (Å²) in [6.45, 7) is 6.25. The van der Waals surface area contributed by atoms with E-state index in [4.69, 9.17) is 14.2 Å². The lowest BCUT2D eigenvalue weighted by Crippen LogP contribution is -2.30. The summed E-state index contributed by atoms with van der Waals surface area (Å²) >= 11 is 0. The van der Waals surface area contributed by atoms with Crippen molar-refractivity contribution >= 4 is 17.9 Å². The van der Waals surface area contributed by atoms with Crippen LogP contribution < -0.4 is 0 Å². The third-order valence-electron chi connectivity index (χ3n) is 11.5. The molecule has 6 heteroatoms. The fraction of sp³-hybridized carbons (Fsp3) is 0.567. The summed E-state index contributed by atoms with van der Waals surface area (Å²) in [6, 6.07) is 0. The molecule has 6 nitrogen and oxygen atoms in total. The lowest BCUT2D eigenvalue weighted by atomic mass is 10.1. The fourth-order valence-electron chi connectivity index (χ4n) is 7.24. The van der Waals surface area contributed by atoms with Crippen molar-refractivity contribution in [3.8, 4) is 0 Å². The summed E-state index contributed by atoms with van der Waals surface area (Å²) in [5.41, 5.74) is 0. The molecule has 0 saturated heterocycles. The maximum absolute atomic E-state index is 12.8. The molecule has 0 bridgehead atoms. The molecule has 0 aromatic carbocycles. The van der Waals surface area contributed by atoms with Gasteiger partial charge in [0.05, 0.1) is 0 Å². The van der Waals surface area contributed by atoms with Gasteiger partial charge in [0, 0.05) is 19.3 Å². The SMILES string of the molecule is CC/C=C\C/C=C\C/C=C\C/C=C\C/C=C\C/C=C\CCC(=O)OC(COC(=O)CCCCCCC/C=C\C/C=C\CCC)COC(=O)CCCCCCCCC/C=C\C/C=C\C/C=C\C/C=C\C/C=C\CC. The summed E-state index contributed by atoms with van der Waals surface area (Å²) in [5, 5.41) is 0. The van der Waals surface area contributed by atoms with E-state index in [-0.39, 0.29) is 31.6 Å². The summed E-state index contributed by atoms with van der Waals surface area (Å²) in [5.74, 6) is -1.04. The van der Waals surface area contributed by atoms with Crippen LogP contribution in [-0.4, -0.2) is 37.2 Å². The maximum Gasteiger partial charge on any atom is 0.306 e. The second-order valence-electron chi connectivity index (χ2n) is 18.4.